The number of benzene rings is 1. The summed E-state index contributed by atoms with van der Waals surface area (Å²) in [5.74, 6) is -0.329. The van der Waals surface area contributed by atoms with E-state index in [0.29, 0.717) is 10.8 Å². The summed E-state index contributed by atoms with van der Waals surface area (Å²) in [6.45, 7) is 3.52. The molecule has 1 unspecified atom stereocenters. The van der Waals surface area contributed by atoms with Gasteiger partial charge in [0, 0.05) is 12.3 Å². The van der Waals surface area contributed by atoms with Crippen molar-refractivity contribution in [3.05, 3.63) is 34.7 Å². The van der Waals surface area contributed by atoms with E-state index in [4.69, 9.17) is 25.4 Å². The van der Waals surface area contributed by atoms with Gasteiger partial charge in [0.2, 0.25) is 0 Å². The molecule has 11 heteroatoms. The van der Waals surface area contributed by atoms with Crippen LogP contribution in [0.25, 0.3) is 0 Å². The molecule has 0 radical (unpaired) electrons. The molecule has 2 amide bonds. The summed E-state index contributed by atoms with van der Waals surface area (Å²) in [7, 11) is -2.15. The lowest BCUT2D eigenvalue weighted by Crippen LogP contribution is -2.44. The van der Waals surface area contributed by atoms with E-state index in [1.807, 2.05) is 0 Å². The van der Waals surface area contributed by atoms with Crippen molar-refractivity contribution in [3.63, 3.8) is 0 Å². The maximum absolute atomic E-state index is 13.2. The Morgan fingerprint density at radius 2 is 1.85 bits per heavy atom. The standard InChI is InChI=1S/C16H25ClN3O6P/c1-4-25-27(23,26-5-2)15(18-16(21)20(19-22)11-10-17)12-13-6-8-14(24-3)9-7-13/h6-9,15H,4-5,10-12H2,1-3H3,(H,18,21). The van der Waals surface area contributed by atoms with Crippen LogP contribution in [0.2, 0.25) is 0 Å². The maximum Gasteiger partial charge on any atom is 0.353 e. The molecule has 27 heavy (non-hydrogen) atoms. The molecule has 152 valence electrons. The summed E-state index contributed by atoms with van der Waals surface area (Å²) in [4.78, 5) is 23.2. The van der Waals surface area contributed by atoms with Gasteiger partial charge in [-0.15, -0.1) is 16.5 Å². The molecule has 0 aromatic heterocycles. The molecule has 1 N–H and O–H groups in total. The summed E-state index contributed by atoms with van der Waals surface area (Å²) in [5.41, 5.74) is 0.767. The van der Waals surface area contributed by atoms with Gasteiger partial charge in [-0.1, -0.05) is 12.1 Å². The van der Waals surface area contributed by atoms with Crippen LogP contribution in [-0.4, -0.2) is 49.6 Å². The molecular formula is C16H25ClN3O6P. The number of carbonyl (C=O) groups excluding carboxylic acids is 1. The van der Waals surface area contributed by atoms with Crippen LogP contribution < -0.4 is 10.1 Å². The quantitative estimate of drug-likeness (QED) is 0.238. The average Bonchev–Trinajstić information content (AvgIpc) is 2.66. The Kier molecular flexibility index (Phi) is 10.3. The second-order valence-electron chi connectivity index (χ2n) is 5.29. The Bertz CT molecular complexity index is 636. The van der Waals surface area contributed by atoms with Crippen LogP contribution in [0.3, 0.4) is 0 Å². The van der Waals surface area contributed by atoms with E-state index in [1.54, 1.807) is 45.2 Å². The van der Waals surface area contributed by atoms with Crippen molar-refractivity contribution in [2.45, 2.75) is 26.1 Å². The molecule has 0 heterocycles. The highest BCUT2D eigenvalue weighted by Gasteiger charge is 2.38. The SMILES string of the molecule is CCOP(=O)(OCC)C(Cc1ccc(OC)cc1)NC(=O)N(CCCl)N=O. The van der Waals surface area contributed by atoms with E-state index in [2.05, 4.69) is 10.6 Å². The van der Waals surface area contributed by atoms with Gasteiger partial charge in [-0.25, -0.2) is 4.79 Å². The predicted molar refractivity (Wildman–Crippen MR) is 103 cm³/mol. The van der Waals surface area contributed by atoms with Gasteiger partial charge in [0.25, 0.3) is 0 Å². The minimum Gasteiger partial charge on any atom is -0.497 e. The molecule has 0 spiro atoms. The Labute approximate surface area is 163 Å². The van der Waals surface area contributed by atoms with Crippen LogP contribution in [0.4, 0.5) is 4.79 Å². The molecular weight excluding hydrogens is 397 g/mol. The number of amides is 2. The highest BCUT2D eigenvalue weighted by molar-refractivity contribution is 7.54. The molecule has 1 aromatic carbocycles. The Balaban J connectivity index is 3.11. The van der Waals surface area contributed by atoms with Gasteiger partial charge in [0.05, 0.1) is 32.2 Å². The van der Waals surface area contributed by atoms with E-state index in [1.165, 1.54) is 0 Å². The van der Waals surface area contributed by atoms with Crippen LogP contribution in [0.15, 0.2) is 29.6 Å². The number of nitrogens with one attached hydrogen (secondary N) is 1. The molecule has 0 bridgehead atoms. The number of carbonyl (C=O) groups is 1. The predicted octanol–water partition coefficient (Wildman–Crippen LogP) is 3.76. The fraction of sp³-hybridized carbons (Fsp3) is 0.562. The highest BCUT2D eigenvalue weighted by atomic mass is 35.5. The zero-order valence-corrected chi connectivity index (χ0v) is 17.2. The van der Waals surface area contributed by atoms with E-state index in [0.717, 1.165) is 5.56 Å². The van der Waals surface area contributed by atoms with Crippen LogP contribution >= 0.6 is 19.2 Å². The van der Waals surface area contributed by atoms with Crippen LogP contribution in [0.1, 0.15) is 19.4 Å². The smallest absolute Gasteiger partial charge is 0.353 e. The highest BCUT2D eigenvalue weighted by Crippen LogP contribution is 2.53. The van der Waals surface area contributed by atoms with Gasteiger partial charge in [-0.3, -0.25) is 4.57 Å². The topological polar surface area (TPSA) is 107 Å². The second-order valence-corrected chi connectivity index (χ2v) is 7.88. The number of nitroso groups, excluding NO2 is 1. The summed E-state index contributed by atoms with van der Waals surface area (Å²) < 4.78 is 29.1. The minimum atomic E-state index is -3.70. The minimum absolute atomic E-state index is 0.0247. The van der Waals surface area contributed by atoms with Crippen molar-refractivity contribution in [3.8, 4) is 5.75 Å². The van der Waals surface area contributed by atoms with E-state index < -0.39 is 19.4 Å². The third-order valence-corrected chi connectivity index (χ3v) is 5.99. The van der Waals surface area contributed by atoms with Crippen molar-refractivity contribution in [2.24, 2.45) is 5.29 Å². The summed E-state index contributed by atoms with van der Waals surface area (Å²) >= 11 is 5.57. The normalized spacial score (nSPS) is 12.3. The molecule has 0 fully saturated rings. The molecule has 0 saturated carbocycles. The maximum atomic E-state index is 13.2. The molecule has 1 atom stereocenters. The molecule has 0 aliphatic carbocycles. The number of nitrogens with zero attached hydrogens (tertiary/aromatic N) is 2. The molecule has 1 aromatic rings. The first-order valence-corrected chi connectivity index (χ1v) is 10.6. The van der Waals surface area contributed by atoms with Crippen molar-refractivity contribution in [1.82, 2.24) is 10.3 Å². The first kappa shape index (κ1) is 23.4. The number of alkyl halides is 1. The van der Waals surface area contributed by atoms with Gasteiger partial charge in [0.15, 0.2) is 0 Å². The Hall–Kier alpha value is -1.67. The van der Waals surface area contributed by atoms with Gasteiger partial charge in [-0.2, -0.15) is 5.01 Å². The fourth-order valence-electron chi connectivity index (χ4n) is 2.28. The zero-order chi connectivity index (χ0) is 20.3. The van der Waals surface area contributed by atoms with Gasteiger partial charge in [-0.05, 0) is 31.5 Å². The lowest BCUT2D eigenvalue weighted by Gasteiger charge is -2.28. The lowest BCUT2D eigenvalue weighted by molar-refractivity contribution is 0.187. The Morgan fingerprint density at radius 3 is 2.30 bits per heavy atom. The van der Waals surface area contributed by atoms with E-state index >= 15 is 0 Å². The van der Waals surface area contributed by atoms with E-state index in [-0.39, 0.29) is 32.1 Å². The van der Waals surface area contributed by atoms with E-state index in [9.17, 15) is 14.3 Å². The molecule has 0 aliphatic heterocycles. The van der Waals surface area contributed by atoms with Crippen LogP contribution in [0.5, 0.6) is 5.75 Å². The average molecular weight is 422 g/mol. The monoisotopic (exact) mass is 421 g/mol. The summed E-state index contributed by atoms with van der Waals surface area (Å²) in [5, 5.41) is 5.79. The van der Waals surface area contributed by atoms with Crippen molar-refractivity contribution >= 4 is 25.2 Å². The number of rotatable bonds is 12. The number of halogens is 1. The third-order valence-electron chi connectivity index (χ3n) is 3.51. The molecule has 0 aliphatic rings. The Morgan fingerprint density at radius 1 is 1.26 bits per heavy atom. The fourth-order valence-corrected chi connectivity index (χ4v) is 4.30. The lowest BCUT2D eigenvalue weighted by atomic mass is 10.1. The number of ether oxygens (including phenoxy) is 1. The molecule has 9 nitrogen and oxygen atoms in total. The summed E-state index contributed by atoms with van der Waals surface area (Å²) in [6.07, 6.45) is 0.153. The third kappa shape index (κ3) is 7.10. The van der Waals surface area contributed by atoms with Crippen LogP contribution in [0, 0.1) is 4.91 Å². The largest absolute Gasteiger partial charge is 0.497 e. The van der Waals surface area contributed by atoms with Crippen LogP contribution in [-0.2, 0) is 20.0 Å². The first-order valence-electron chi connectivity index (χ1n) is 8.43. The zero-order valence-electron chi connectivity index (χ0n) is 15.6. The number of urea groups is 1. The molecule has 0 saturated heterocycles. The number of hydrogen-bond donors (Lipinski definition) is 1. The van der Waals surface area contributed by atoms with Gasteiger partial charge < -0.3 is 19.1 Å². The number of hydrogen-bond acceptors (Lipinski definition) is 7. The summed E-state index contributed by atoms with van der Waals surface area (Å²) in [6, 6.07) is 6.20. The first-order chi connectivity index (χ1) is 12.9. The van der Waals surface area contributed by atoms with Gasteiger partial charge >= 0.3 is 13.6 Å². The number of methoxy groups -OCH3 is 1. The second kappa shape index (κ2) is 11.9. The van der Waals surface area contributed by atoms with Crippen molar-refractivity contribution in [1.29, 1.82) is 0 Å². The van der Waals surface area contributed by atoms with Crippen molar-refractivity contribution < 1.29 is 23.1 Å². The van der Waals surface area contributed by atoms with Gasteiger partial charge in [0.1, 0.15) is 11.5 Å². The molecule has 1 rings (SSSR count). The van der Waals surface area contributed by atoms with Crippen molar-refractivity contribution in [2.75, 3.05) is 32.7 Å².